The molecule has 1 unspecified atom stereocenters. The first-order valence-electron chi connectivity index (χ1n) is 6.40. The molecule has 5 nitrogen and oxygen atoms in total. The number of hydrogen-bond donors (Lipinski definition) is 1. The summed E-state index contributed by atoms with van der Waals surface area (Å²) in [6, 6.07) is 2.05. The van der Waals surface area contributed by atoms with Gasteiger partial charge in [-0.05, 0) is 26.0 Å². The lowest BCUT2D eigenvalue weighted by molar-refractivity contribution is -0.140. The normalized spacial score (nSPS) is 13.0. The SMILES string of the molecule is CCN(C(=O)c1cccn1CC(F)(F)F)C(C)CC(=O)O. The summed E-state index contributed by atoms with van der Waals surface area (Å²) >= 11 is 0. The maximum Gasteiger partial charge on any atom is 0.406 e. The molecule has 0 bridgehead atoms. The van der Waals surface area contributed by atoms with Gasteiger partial charge >= 0.3 is 12.1 Å². The van der Waals surface area contributed by atoms with Crippen molar-refractivity contribution < 1.29 is 27.9 Å². The van der Waals surface area contributed by atoms with Gasteiger partial charge in [-0.25, -0.2) is 0 Å². The summed E-state index contributed by atoms with van der Waals surface area (Å²) in [6.45, 7) is 2.15. The van der Waals surface area contributed by atoms with Gasteiger partial charge in [-0.2, -0.15) is 13.2 Å². The molecule has 1 atom stereocenters. The van der Waals surface area contributed by atoms with Crippen molar-refractivity contribution >= 4 is 11.9 Å². The Labute approximate surface area is 120 Å². The average molecular weight is 306 g/mol. The van der Waals surface area contributed by atoms with E-state index in [4.69, 9.17) is 5.11 Å². The number of aromatic nitrogens is 1. The van der Waals surface area contributed by atoms with Crippen LogP contribution in [0, 0.1) is 0 Å². The highest BCUT2D eigenvalue weighted by Crippen LogP contribution is 2.20. The minimum atomic E-state index is -4.43. The Balaban J connectivity index is 2.96. The molecule has 0 fully saturated rings. The fraction of sp³-hybridized carbons (Fsp3) is 0.538. The second-order valence-electron chi connectivity index (χ2n) is 4.67. The predicted octanol–water partition coefficient (Wildman–Crippen LogP) is 2.38. The molecule has 1 rings (SSSR count). The van der Waals surface area contributed by atoms with Gasteiger partial charge in [0.05, 0.1) is 6.42 Å². The largest absolute Gasteiger partial charge is 0.481 e. The number of alkyl halides is 3. The van der Waals surface area contributed by atoms with Crippen molar-refractivity contribution in [2.45, 2.75) is 39.0 Å². The highest BCUT2D eigenvalue weighted by atomic mass is 19.4. The van der Waals surface area contributed by atoms with Gasteiger partial charge < -0.3 is 14.6 Å². The average Bonchev–Trinajstić information content (AvgIpc) is 2.74. The molecule has 8 heteroatoms. The minimum absolute atomic E-state index is 0.105. The maximum absolute atomic E-state index is 12.5. The van der Waals surface area contributed by atoms with E-state index in [2.05, 4.69) is 0 Å². The number of carbonyl (C=O) groups is 2. The van der Waals surface area contributed by atoms with Crippen molar-refractivity contribution in [2.75, 3.05) is 6.54 Å². The molecular weight excluding hydrogens is 289 g/mol. The molecule has 1 aromatic rings. The third-order valence-corrected chi connectivity index (χ3v) is 3.00. The minimum Gasteiger partial charge on any atom is -0.481 e. The van der Waals surface area contributed by atoms with Gasteiger partial charge in [0.1, 0.15) is 12.2 Å². The molecule has 0 saturated carbocycles. The van der Waals surface area contributed by atoms with Crippen LogP contribution in [0.3, 0.4) is 0 Å². The van der Waals surface area contributed by atoms with Gasteiger partial charge in [-0.15, -0.1) is 0 Å². The van der Waals surface area contributed by atoms with Crippen molar-refractivity contribution in [1.29, 1.82) is 0 Å². The van der Waals surface area contributed by atoms with Gasteiger partial charge in [0.2, 0.25) is 0 Å². The number of amides is 1. The van der Waals surface area contributed by atoms with Crippen LogP contribution < -0.4 is 0 Å². The zero-order valence-corrected chi connectivity index (χ0v) is 11.7. The molecule has 0 spiro atoms. The molecule has 0 aliphatic heterocycles. The molecule has 0 radical (unpaired) electrons. The van der Waals surface area contributed by atoms with E-state index in [1.54, 1.807) is 13.8 Å². The Morgan fingerprint density at radius 1 is 1.43 bits per heavy atom. The lowest BCUT2D eigenvalue weighted by atomic mass is 10.2. The topological polar surface area (TPSA) is 62.5 Å². The number of carboxylic acids is 1. The van der Waals surface area contributed by atoms with E-state index in [0.29, 0.717) is 0 Å². The fourth-order valence-electron chi connectivity index (χ4n) is 2.10. The van der Waals surface area contributed by atoms with Crippen LogP contribution >= 0.6 is 0 Å². The van der Waals surface area contributed by atoms with Gasteiger partial charge in [0, 0.05) is 18.8 Å². The third kappa shape index (κ3) is 4.80. The van der Waals surface area contributed by atoms with Crippen molar-refractivity contribution in [3.8, 4) is 0 Å². The summed E-state index contributed by atoms with van der Waals surface area (Å²) in [4.78, 5) is 24.3. The summed E-state index contributed by atoms with van der Waals surface area (Å²) in [5.41, 5.74) is -0.105. The number of carbonyl (C=O) groups excluding carboxylic acids is 1. The fourth-order valence-corrected chi connectivity index (χ4v) is 2.10. The van der Waals surface area contributed by atoms with Crippen LogP contribution in [-0.2, 0) is 11.3 Å². The van der Waals surface area contributed by atoms with Crippen LogP contribution in [0.2, 0.25) is 0 Å². The summed E-state index contributed by atoms with van der Waals surface area (Å²) < 4.78 is 38.2. The standard InChI is InChI=1S/C13H17F3N2O3/c1-3-18(9(2)7-11(19)20)12(21)10-5-4-6-17(10)8-13(14,15)16/h4-6,9H,3,7-8H2,1-2H3,(H,19,20). The smallest absolute Gasteiger partial charge is 0.406 e. The van der Waals surface area contributed by atoms with Gasteiger partial charge in [-0.3, -0.25) is 9.59 Å². The van der Waals surface area contributed by atoms with Crippen LogP contribution in [0.15, 0.2) is 18.3 Å². The second-order valence-corrected chi connectivity index (χ2v) is 4.67. The van der Waals surface area contributed by atoms with E-state index in [-0.39, 0.29) is 18.7 Å². The van der Waals surface area contributed by atoms with Gasteiger partial charge in [-0.1, -0.05) is 0 Å². The molecule has 1 N–H and O–H groups in total. The van der Waals surface area contributed by atoms with Crippen molar-refractivity contribution in [3.05, 3.63) is 24.0 Å². The molecule has 0 aliphatic rings. The molecular formula is C13H17F3N2O3. The quantitative estimate of drug-likeness (QED) is 0.877. The highest BCUT2D eigenvalue weighted by Gasteiger charge is 2.31. The lowest BCUT2D eigenvalue weighted by Gasteiger charge is -2.27. The highest BCUT2D eigenvalue weighted by molar-refractivity contribution is 5.93. The van der Waals surface area contributed by atoms with E-state index in [1.807, 2.05) is 0 Å². The molecule has 118 valence electrons. The Hall–Kier alpha value is -1.99. The Bertz CT molecular complexity index is 511. The third-order valence-electron chi connectivity index (χ3n) is 3.00. The number of halogens is 3. The summed E-state index contributed by atoms with van der Waals surface area (Å²) in [5, 5.41) is 8.76. The molecule has 1 heterocycles. The van der Waals surface area contributed by atoms with Gasteiger partial charge in [0.15, 0.2) is 0 Å². The molecule has 1 amide bonds. The number of hydrogen-bond acceptors (Lipinski definition) is 2. The van der Waals surface area contributed by atoms with Crippen LogP contribution in [0.5, 0.6) is 0 Å². The van der Waals surface area contributed by atoms with E-state index >= 15 is 0 Å². The second kappa shape index (κ2) is 6.64. The van der Waals surface area contributed by atoms with Crippen molar-refractivity contribution in [1.82, 2.24) is 9.47 Å². The predicted molar refractivity (Wildman–Crippen MR) is 68.9 cm³/mol. The Morgan fingerprint density at radius 2 is 2.05 bits per heavy atom. The number of nitrogens with zero attached hydrogens (tertiary/aromatic N) is 2. The summed E-state index contributed by atoms with van der Waals surface area (Å²) in [5.74, 6) is -1.68. The van der Waals surface area contributed by atoms with E-state index in [9.17, 15) is 22.8 Å². The first kappa shape index (κ1) is 17.1. The van der Waals surface area contributed by atoms with Crippen LogP contribution in [0.1, 0.15) is 30.8 Å². The molecule has 1 aromatic heterocycles. The van der Waals surface area contributed by atoms with Crippen molar-refractivity contribution in [2.24, 2.45) is 0 Å². The van der Waals surface area contributed by atoms with E-state index < -0.39 is 30.6 Å². The Morgan fingerprint density at radius 3 is 2.52 bits per heavy atom. The molecule has 21 heavy (non-hydrogen) atoms. The number of rotatable bonds is 6. The number of carboxylic acid groups (broad SMARTS) is 1. The molecule has 0 aromatic carbocycles. The Kier molecular flexibility index (Phi) is 5.40. The molecule has 0 saturated heterocycles. The zero-order chi connectivity index (χ0) is 16.2. The number of aliphatic carboxylic acids is 1. The van der Waals surface area contributed by atoms with Crippen molar-refractivity contribution in [3.63, 3.8) is 0 Å². The van der Waals surface area contributed by atoms with E-state index in [1.165, 1.54) is 23.2 Å². The van der Waals surface area contributed by atoms with E-state index in [0.717, 1.165) is 4.57 Å². The van der Waals surface area contributed by atoms with Crippen LogP contribution in [0.25, 0.3) is 0 Å². The van der Waals surface area contributed by atoms with Crippen LogP contribution in [-0.4, -0.2) is 45.2 Å². The first-order valence-corrected chi connectivity index (χ1v) is 6.40. The summed E-state index contributed by atoms with van der Waals surface area (Å²) in [6.07, 6.45) is -3.52. The summed E-state index contributed by atoms with van der Waals surface area (Å²) in [7, 11) is 0. The first-order chi connectivity index (χ1) is 9.65. The zero-order valence-electron chi connectivity index (χ0n) is 11.7. The lowest BCUT2D eigenvalue weighted by Crippen LogP contribution is -2.40. The maximum atomic E-state index is 12.5. The van der Waals surface area contributed by atoms with Gasteiger partial charge in [0.25, 0.3) is 5.91 Å². The van der Waals surface area contributed by atoms with Crippen LogP contribution in [0.4, 0.5) is 13.2 Å². The molecule has 0 aliphatic carbocycles. The monoisotopic (exact) mass is 306 g/mol.